The summed E-state index contributed by atoms with van der Waals surface area (Å²) in [5.74, 6) is -0.511. The van der Waals surface area contributed by atoms with Gasteiger partial charge in [-0.3, -0.25) is 19.7 Å². The second-order valence-electron chi connectivity index (χ2n) is 8.35. The molecule has 0 aromatic heterocycles. The van der Waals surface area contributed by atoms with Crippen LogP contribution in [0.1, 0.15) is 51.7 Å². The van der Waals surface area contributed by atoms with Crippen molar-refractivity contribution in [2.75, 3.05) is 5.32 Å². The van der Waals surface area contributed by atoms with E-state index in [1.54, 1.807) is 32.9 Å². The van der Waals surface area contributed by atoms with Crippen LogP contribution in [0.2, 0.25) is 0 Å². The lowest BCUT2D eigenvalue weighted by Gasteiger charge is -2.19. The van der Waals surface area contributed by atoms with Gasteiger partial charge in [0.05, 0.1) is 4.92 Å². The average molecular weight is 409 g/mol. The number of nitro benzene ring substituents is 1. The van der Waals surface area contributed by atoms with Gasteiger partial charge in [-0.25, -0.2) is 0 Å². The van der Waals surface area contributed by atoms with Crippen LogP contribution >= 0.6 is 0 Å². The highest BCUT2D eigenvalue weighted by Crippen LogP contribution is 2.20. The molecule has 0 saturated carbocycles. The fourth-order valence-corrected chi connectivity index (χ4v) is 2.51. The summed E-state index contributed by atoms with van der Waals surface area (Å²) < 4.78 is 0. The molecule has 7 heteroatoms. The van der Waals surface area contributed by atoms with Crippen molar-refractivity contribution in [1.82, 2.24) is 5.32 Å². The fraction of sp³-hybridized carbons (Fsp3) is 0.304. The number of carbonyl (C=O) groups is 2. The first kappa shape index (κ1) is 22.8. The lowest BCUT2D eigenvalue weighted by Crippen LogP contribution is -2.38. The first-order valence-corrected chi connectivity index (χ1v) is 9.66. The van der Waals surface area contributed by atoms with Crippen molar-refractivity contribution in [3.63, 3.8) is 0 Å². The van der Waals surface area contributed by atoms with E-state index in [1.807, 2.05) is 24.3 Å². The Balaban J connectivity index is 2.34. The van der Waals surface area contributed by atoms with Crippen LogP contribution in [0.25, 0.3) is 6.08 Å². The summed E-state index contributed by atoms with van der Waals surface area (Å²) >= 11 is 0. The van der Waals surface area contributed by atoms with Crippen molar-refractivity contribution >= 4 is 29.3 Å². The molecule has 0 saturated heterocycles. The molecule has 0 atom stereocenters. The number of hydrogen-bond acceptors (Lipinski definition) is 4. The van der Waals surface area contributed by atoms with Gasteiger partial charge in [-0.2, -0.15) is 0 Å². The van der Waals surface area contributed by atoms with Crippen LogP contribution < -0.4 is 10.6 Å². The predicted molar refractivity (Wildman–Crippen MR) is 118 cm³/mol. The van der Waals surface area contributed by atoms with Gasteiger partial charge in [0.25, 0.3) is 11.6 Å². The average Bonchev–Trinajstić information content (AvgIpc) is 2.67. The van der Waals surface area contributed by atoms with E-state index in [-0.39, 0.29) is 23.0 Å². The number of amides is 2. The van der Waals surface area contributed by atoms with Crippen molar-refractivity contribution in [2.24, 2.45) is 5.41 Å². The number of nitrogens with zero attached hydrogens (tertiary/aromatic N) is 1. The number of carbonyl (C=O) groups excluding carboxylic acids is 2. The highest BCUT2D eigenvalue weighted by molar-refractivity contribution is 6.09. The lowest BCUT2D eigenvalue weighted by atomic mass is 9.95. The van der Waals surface area contributed by atoms with Gasteiger partial charge < -0.3 is 10.6 Å². The number of nitro groups is 1. The SMILES string of the molecule is CC(C)c1ccc(/C=C(/NC(=O)C(C)(C)C)C(=O)Nc2cccc([N+](=O)[O-])c2)cc1. The summed E-state index contributed by atoms with van der Waals surface area (Å²) in [6, 6.07) is 13.3. The quantitative estimate of drug-likeness (QED) is 0.404. The Morgan fingerprint density at radius 3 is 2.23 bits per heavy atom. The molecule has 0 bridgehead atoms. The van der Waals surface area contributed by atoms with E-state index in [0.717, 1.165) is 11.1 Å². The van der Waals surface area contributed by atoms with Gasteiger partial charge >= 0.3 is 0 Å². The molecule has 2 N–H and O–H groups in total. The van der Waals surface area contributed by atoms with Crippen LogP contribution in [0.5, 0.6) is 0 Å². The van der Waals surface area contributed by atoms with Crippen molar-refractivity contribution in [1.29, 1.82) is 0 Å². The van der Waals surface area contributed by atoms with Gasteiger partial charge in [0.1, 0.15) is 5.70 Å². The zero-order chi connectivity index (χ0) is 22.5. The van der Waals surface area contributed by atoms with Gasteiger partial charge in [-0.15, -0.1) is 0 Å². The van der Waals surface area contributed by atoms with Crippen molar-refractivity contribution in [2.45, 2.75) is 40.5 Å². The third-order valence-corrected chi connectivity index (χ3v) is 4.40. The van der Waals surface area contributed by atoms with Crippen LogP contribution in [-0.4, -0.2) is 16.7 Å². The molecular weight excluding hydrogens is 382 g/mol. The Labute approximate surface area is 176 Å². The molecule has 2 amide bonds. The molecule has 0 aliphatic heterocycles. The minimum Gasteiger partial charge on any atom is -0.321 e. The van der Waals surface area contributed by atoms with E-state index in [9.17, 15) is 19.7 Å². The molecule has 0 heterocycles. The Morgan fingerprint density at radius 1 is 1.07 bits per heavy atom. The van der Waals surface area contributed by atoms with E-state index in [4.69, 9.17) is 0 Å². The molecule has 30 heavy (non-hydrogen) atoms. The van der Waals surface area contributed by atoms with E-state index in [0.29, 0.717) is 5.92 Å². The second-order valence-corrected chi connectivity index (χ2v) is 8.35. The van der Waals surface area contributed by atoms with E-state index < -0.39 is 16.2 Å². The minimum absolute atomic E-state index is 0.0544. The van der Waals surface area contributed by atoms with E-state index >= 15 is 0 Å². The van der Waals surface area contributed by atoms with Crippen LogP contribution in [0.3, 0.4) is 0 Å². The first-order valence-electron chi connectivity index (χ1n) is 9.66. The van der Waals surface area contributed by atoms with Crippen LogP contribution in [0, 0.1) is 15.5 Å². The Kier molecular flexibility index (Phi) is 7.10. The molecule has 0 radical (unpaired) electrons. The van der Waals surface area contributed by atoms with Gasteiger partial charge in [0.2, 0.25) is 5.91 Å². The summed E-state index contributed by atoms with van der Waals surface area (Å²) in [5, 5.41) is 16.3. The largest absolute Gasteiger partial charge is 0.321 e. The number of anilines is 1. The first-order chi connectivity index (χ1) is 14.0. The summed E-state index contributed by atoms with van der Waals surface area (Å²) in [7, 11) is 0. The fourth-order valence-electron chi connectivity index (χ4n) is 2.51. The zero-order valence-corrected chi connectivity index (χ0v) is 17.9. The maximum Gasteiger partial charge on any atom is 0.272 e. The summed E-state index contributed by atoms with van der Waals surface area (Å²) in [4.78, 5) is 35.8. The monoisotopic (exact) mass is 409 g/mol. The van der Waals surface area contributed by atoms with Gasteiger partial charge in [-0.05, 0) is 29.2 Å². The Hall–Kier alpha value is -3.48. The maximum absolute atomic E-state index is 12.9. The molecule has 0 aliphatic rings. The summed E-state index contributed by atoms with van der Waals surface area (Å²) in [6.45, 7) is 9.42. The smallest absolute Gasteiger partial charge is 0.272 e. The Morgan fingerprint density at radius 2 is 1.70 bits per heavy atom. The number of non-ortho nitro benzene ring substituents is 1. The van der Waals surface area contributed by atoms with Crippen molar-refractivity contribution in [3.05, 3.63) is 75.5 Å². The highest BCUT2D eigenvalue weighted by atomic mass is 16.6. The molecule has 0 fully saturated rings. The number of hydrogen-bond donors (Lipinski definition) is 2. The molecule has 2 rings (SSSR count). The molecule has 0 aliphatic carbocycles. The highest BCUT2D eigenvalue weighted by Gasteiger charge is 2.24. The standard InChI is InChI=1S/C23H27N3O4/c1-15(2)17-11-9-16(10-12-17)13-20(25-22(28)23(3,4)5)21(27)24-18-7-6-8-19(14-18)26(29)30/h6-15H,1-5H3,(H,24,27)(H,25,28)/b20-13+. The molecule has 7 nitrogen and oxygen atoms in total. The number of benzene rings is 2. The predicted octanol–water partition coefficient (Wildman–Crippen LogP) is 4.86. The lowest BCUT2D eigenvalue weighted by molar-refractivity contribution is -0.384. The maximum atomic E-state index is 12.9. The van der Waals surface area contributed by atoms with Gasteiger partial charge in [-0.1, -0.05) is 65.0 Å². The summed E-state index contributed by atoms with van der Waals surface area (Å²) in [6.07, 6.45) is 1.58. The third kappa shape index (κ3) is 6.27. The molecule has 158 valence electrons. The third-order valence-electron chi connectivity index (χ3n) is 4.40. The zero-order valence-electron chi connectivity index (χ0n) is 17.9. The van der Waals surface area contributed by atoms with Crippen molar-refractivity contribution < 1.29 is 14.5 Å². The van der Waals surface area contributed by atoms with E-state index in [1.165, 1.54) is 18.2 Å². The number of nitrogens with one attached hydrogen (secondary N) is 2. The van der Waals surface area contributed by atoms with Crippen LogP contribution in [-0.2, 0) is 9.59 Å². The van der Waals surface area contributed by atoms with E-state index in [2.05, 4.69) is 24.5 Å². The molecule has 0 unspecified atom stereocenters. The second kappa shape index (κ2) is 9.35. The number of rotatable bonds is 6. The molecule has 0 spiro atoms. The molecule has 2 aromatic rings. The topological polar surface area (TPSA) is 101 Å². The normalized spacial score (nSPS) is 11.9. The minimum atomic E-state index is -0.702. The molecule has 2 aromatic carbocycles. The van der Waals surface area contributed by atoms with Gasteiger partial charge in [0, 0.05) is 23.2 Å². The van der Waals surface area contributed by atoms with Crippen LogP contribution in [0.15, 0.2) is 54.2 Å². The Bertz CT molecular complexity index is 971. The van der Waals surface area contributed by atoms with Crippen molar-refractivity contribution in [3.8, 4) is 0 Å². The summed E-state index contributed by atoms with van der Waals surface area (Å²) in [5.41, 5.74) is 1.39. The van der Waals surface area contributed by atoms with Gasteiger partial charge in [0.15, 0.2) is 0 Å². The van der Waals surface area contributed by atoms with Crippen LogP contribution in [0.4, 0.5) is 11.4 Å². The molecular formula is C23H27N3O4.